The lowest BCUT2D eigenvalue weighted by atomic mass is 9.82. The Hall–Kier alpha value is -2.04. The number of hydrogen-bond acceptors (Lipinski definition) is 3. The van der Waals surface area contributed by atoms with Gasteiger partial charge in [-0.15, -0.1) is 0 Å². The van der Waals surface area contributed by atoms with Crippen LogP contribution in [-0.2, 0) is 20.4 Å². The van der Waals surface area contributed by atoms with Crippen molar-refractivity contribution >= 4 is 11.8 Å². The maximum absolute atomic E-state index is 12.1. The zero-order valence-electron chi connectivity index (χ0n) is 19.6. The van der Waals surface area contributed by atoms with E-state index in [0.29, 0.717) is 25.4 Å². The number of fused-ring (bicyclic) bond motifs is 1. The standard InChI is InChI=1S/C25H40N2O3/c1-17(2)14-21(23(26)29)27-22(28)10-8-7-9-13-30-18-11-12-19-20(15-18)25(5,6)16-24(19,3)4/h11-12,15,17,21H,7-10,13-14,16H2,1-6H3,(H2,26,29)(H,27,28). The molecule has 0 aliphatic heterocycles. The van der Waals surface area contributed by atoms with Crippen LogP contribution in [0.2, 0.25) is 0 Å². The van der Waals surface area contributed by atoms with E-state index < -0.39 is 11.9 Å². The molecule has 0 spiro atoms. The van der Waals surface area contributed by atoms with Crippen molar-refractivity contribution in [3.8, 4) is 5.75 Å². The van der Waals surface area contributed by atoms with E-state index in [9.17, 15) is 9.59 Å². The highest BCUT2D eigenvalue weighted by Crippen LogP contribution is 2.50. The topological polar surface area (TPSA) is 81.4 Å². The summed E-state index contributed by atoms with van der Waals surface area (Å²) in [5.41, 5.74) is 8.58. The van der Waals surface area contributed by atoms with Crippen LogP contribution in [0, 0.1) is 5.92 Å². The molecule has 0 heterocycles. The Labute approximate surface area is 182 Å². The van der Waals surface area contributed by atoms with Gasteiger partial charge in [0.2, 0.25) is 11.8 Å². The molecule has 168 valence electrons. The van der Waals surface area contributed by atoms with E-state index in [1.54, 1.807) is 0 Å². The van der Waals surface area contributed by atoms with Gasteiger partial charge in [0, 0.05) is 6.42 Å². The number of rotatable bonds is 11. The number of benzene rings is 1. The molecule has 1 aromatic rings. The average Bonchev–Trinajstić information content (AvgIpc) is 2.81. The zero-order chi connectivity index (χ0) is 22.5. The minimum absolute atomic E-state index is 0.108. The fourth-order valence-electron chi connectivity index (χ4n) is 4.80. The van der Waals surface area contributed by atoms with Crippen molar-refractivity contribution in [3.63, 3.8) is 0 Å². The van der Waals surface area contributed by atoms with Gasteiger partial charge in [0.25, 0.3) is 0 Å². The second-order valence-corrected chi connectivity index (χ2v) is 10.5. The predicted molar refractivity (Wildman–Crippen MR) is 122 cm³/mol. The van der Waals surface area contributed by atoms with Gasteiger partial charge in [-0.25, -0.2) is 0 Å². The summed E-state index contributed by atoms with van der Waals surface area (Å²) >= 11 is 0. The van der Waals surface area contributed by atoms with Gasteiger partial charge in [-0.05, 0) is 72.1 Å². The first kappa shape index (κ1) is 24.2. The van der Waals surface area contributed by atoms with Crippen LogP contribution in [-0.4, -0.2) is 24.5 Å². The van der Waals surface area contributed by atoms with Crippen LogP contribution in [0.15, 0.2) is 18.2 Å². The van der Waals surface area contributed by atoms with Crippen LogP contribution in [0.3, 0.4) is 0 Å². The molecular formula is C25H40N2O3. The van der Waals surface area contributed by atoms with E-state index in [-0.39, 0.29) is 16.7 Å². The van der Waals surface area contributed by atoms with E-state index in [4.69, 9.17) is 10.5 Å². The van der Waals surface area contributed by atoms with Gasteiger partial charge in [0.05, 0.1) is 6.61 Å². The van der Waals surface area contributed by atoms with Crippen molar-refractivity contribution in [2.45, 2.75) is 96.9 Å². The summed E-state index contributed by atoms with van der Waals surface area (Å²) in [7, 11) is 0. The normalized spacial score (nSPS) is 17.4. The molecule has 0 radical (unpaired) electrons. The quantitative estimate of drug-likeness (QED) is 0.517. The minimum Gasteiger partial charge on any atom is -0.494 e. The monoisotopic (exact) mass is 416 g/mol. The maximum atomic E-state index is 12.1. The summed E-state index contributed by atoms with van der Waals surface area (Å²) in [5, 5.41) is 2.76. The zero-order valence-corrected chi connectivity index (χ0v) is 19.6. The van der Waals surface area contributed by atoms with Crippen molar-refractivity contribution in [1.82, 2.24) is 5.32 Å². The number of ether oxygens (including phenoxy) is 1. The van der Waals surface area contributed by atoms with E-state index in [1.165, 1.54) is 11.1 Å². The van der Waals surface area contributed by atoms with E-state index in [2.05, 4.69) is 51.2 Å². The average molecular weight is 417 g/mol. The second kappa shape index (κ2) is 9.84. The second-order valence-electron chi connectivity index (χ2n) is 10.5. The number of nitrogens with two attached hydrogens (primary N) is 1. The number of unbranched alkanes of at least 4 members (excludes halogenated alkanes) is 2. The van der Waals surface area contributed by atoms with E-state index in [1.807, 2.05) is 13.8 Å². The number of primary amides is 1. The summed E-state index contributed by atoms with van der Waals surface area (Å²) < 4.78 is 5.98. The SMILES string of the molecule is CC(C)CC(NC(=O)CCCCCOc1ccc2c(c1)C(C)(C)CC2(C)C)C(N)=O. The molecular weight excluding hydrogens is 376 g/mol. The van der Waals surface area contributed by atoms with E-state index >= 15 is 0 Å². The van der Waals surface area contributed by atoms with Gasteiger partial charge < -0.3 is 15.8 Å². The van der Waals surface area contributed by atoms with Gasteiger partial charge in [-0.3, -0.25) is 9.59 Å². The minimum atomic E-state index is -0.574. The molecule has 30 heavy (non-hydrogen) atoms. The first-order chi connectivity index (χ1) is 13.9. The van der Waals surface area contributed by atoms with Crippen molar-refractivity contribution in [1.29, 1.82) is 0 Å². The Morgan fingerprint density at radius 3 is 2.37 bits per heavy atom. The summed E-state index contributed by atoms with van der Waals surface area (Å²) in [6.45, 7) is 13.9. The van der Waals surface area contributed by atoms with Gasteiger partial charge in [0.1, 0.15) is 11.8 Å². The Kier molecular flexibility index (Phi) is 7.95. The van der Waals surface area contributed by atoms with Crippen molar-refractivity contribution < 1.29 is 14.3 Å². The fourth-order valence-corrected chi connectivity index (χ4v) is 4.80. The number of nitrogens with one attached hydrogen (secondary N) is 1. The molecule has 1 aliphatic rings. The molecule has 0 bridgehead atoms. The lowest BCUT2D eigenvalue weighted by molar-refractivity contribution is -0.127. The van der Waals surface area contributed by atoms with Crippen molar-refractivity contribution in [2.75, 3.05) is 6.61 Å². The first-order valence-corrected chi connectivity index (χ1v) is 11.3. The molecule has 5 nitrogen and oxygen atoms in total. The van der Waals surface area contributed by atoms with Crippen molar-refractivity contribution in [3.05, 3.63) is 29.3 Å². The van der Waals surface area contributed by atoms with Gasteiger partial charge in [-0.2, -0.15) is 0 Å². The third-order valence-electron chi connectivity index (χ3n) is 6.04. The highest BCUT2D eigenvalue weighted by molar-refractivity contribution is 5.86. The van der Waals surface area contributed by atoms with Crippen LogP contribution in [0.1, 0.15) is 91.2 Å². The maximum Gasteiger partial charge on any atom is 0.240 e. The highest BCUT2D eigenvalue weighted by atomic mass is 16.5. The summed E-state index contributed by atoms with van der Waals surface area (Å²) in [6, 6.07) is 5.93. The highest BCUT2D eigenvalue weighted by Gasteiger charge is 2.41. The number of carbonyl (C=O) groups excluding carboxylic acids is 2. The molecule has 1 aliphatic carbocycles. The Bertz CT molecular complexity index is 753. The van der Waals surface area contributed by atoms with Crippen molar-refractivity contribution in [2.24, 2.45) is 11.7 Å². The predicted octanol–water partition coefficient (Wildman–Crippen LogP) is 4.60. The Morgan fingerprint density at radius 1 is 1.07 bits per heavy atom. The largest absolute Gasteiger partial charge is 0.494 e. The molecule has 0 fully saturated rings. The molecule has 5 heteroatoms. The first-order valence-electron chi connectivity index (χ1n) is 11.3. The van der Waals surface area contributed by atoms with Crippen LogP contribution >= 0.6 is 0 Å². The molecule has 3 N–H and O–H groups in total. The fraction of sp³-hybridized carbons (Fsp3) is 0.680. The lowest BCUT2D eigenvalue weighted by Crippen LogP contribution is -2.45. The summed E-state index contributed by atoms with van der Waals surface area (Å²) in [6.07, 6.45) is 4.70. The van der Waals surface area contributed by atoms with Gasteiger partial charge >= 0.3 is 0 Å². The Balaban J connectivity index is 1.71. The van der Waals surface area contributed by atoms with Crippen LogP contribution in [0.25, 0.3) is 0 Å². The molecule has 1 unspecified atom stereocenters. The molecule has 1 atom stereocenters. The smallest absolute Gasteiger partial charge is 0.240 e. The third kappa shape index (κ3) is 6.48. The molecule has 2 rings (SSSR count). The van der Waals surface area contributed by atoms with Gasteiger partial charge in [0.15, 0.2) is 0 Å². The third-order valence-corrected chi connectivity index (χ3v) is 6.04. The van der Waals surface area contributed by atoms with Crippen LogP contribution in [0.5, 0.6) is 5.75 Å². The number of carbonyl (C=O) groups is 2. The molecule has 1 aromatic carbocycles. The van der Waals surface area contributed by atoms with Crippen LogP contribution in [0.4, 0.5) is 0 Å². The lowest BCUT2D eigenvalue weighted by Gasteiger charge is -2.22. The molecule has 0 saturated heterocycles. The number of amides is 2. The molecule has 2 amide bonds. The Morgan fingerprint density at radius 2 is 1.73 bits per heavy atom. The summed E-state index contributed by atoms with van der Waals surface area (Å²) in [4.78, 5) is 23.5. The van der Waals surface area contributed by atoms with E-state index in [0.717, 1.165) is 31.4 Å². The number of hydrogen-bond donors (Lipinski definition) is 2. The molecule has 0 saturated carbocycles. The van der Waals surface area contributed by atoms with Crippen LogP contribution < -0.4 is 15.8 Å². The molecule has 0 aromatic heterocycles. The summed E-state index contributed by atoms with van der Waals surface area (Å²) in [5.74, 6) is 0.654. The van der Waals surface area contributed by atoms with Gasteiger partial charge in [-0.1, -0.05) is 47.6 Å².